The molecular weight excluding hydrogens is 348 g/mol. The Morgan fingerprint density at radius 2 is 1.58 bits per heavy atom. The third-order valence-electron chi connectivity index (χ3n) is 3.79. The number of hydrogen-bond donors (Lipinski definition) is 0. The Balaban J connectivity index is 1.96. The molecule has 0 heterocycles. The van der Waals surface area contributed by atoms with Crippen molar-refractivity contribution in [1.29, 1.82) is 0 Å². The van der Waals surface area contributed by atoms with E-state index in [2.05, 4.69) is 0 Å². The topological polar surface area (TPSA) is 52.6 Å². The van der Waals surface area contributed by atoms with E-state index in [1.54, 1.807) is 38.5 Å². The van der Waals surface area contributed by atoms with Gasteiger partial charge in [-0.3, -0.25) is 0 Å². The smallest absolute Gasteiger partial charge is 0.150 e. The third kappa shape index (κ3) is 5.42. The first-order valence-electron chi connectivity index (χ1n) is 7.59. The van der Waals surface area contributed by atoms with E-state index in [0.717, 1.165) is 11.1 Å². The van der Waals surface area contributed by atoms with Crippen molar-refractivity contribution in [2.75, 3.05) is 25.7 Å². The largest absolute Gasteiger partial charge is 0.497 e. The molecule has 2 aromatic rings. The molecule has 0 aliphatic heterocycles. The highest BCUT2D eigenvalue weighted by Crippen LogP contribution is 2.25. The summed E-state index contributed by atoms with van der Waals surface area (Å²) in [5.41, 5.74) is 1.82. The van der Waals surface area contributed by atoms with Crippen molar-refractivity contribution in [2.24, 2.45) is 0 Å². The van der Waals surface area contributed by atoms with Gasteiger partial charge in [0.2, 0.25) is 0 Å². The first-order chi connectivity index (χ1) is 11.4. The fourth-order valence-electron chi connectivity index (χ4n) is 2.35. The second kappa shape index (κ2) is 8.40. The molecule has 0 aliphatic carbocycles. The van der Waals surface area contributed by atoms with Gasteiger partial charge in [-0.25, -0.2) is 8.42 Å². The van der Waals surface area contributed by atoms with Crippen molar-refractivity contribution >= 4 is 21.4 Å². The Morgan fingerprint density at radius 3 is 2.21 bits per heavy atom. The maximum Gasteiger partial charge on any atom is 0.150 e. The van der Waals surface area contributed by atoms with Crippen molar-refractivity contribution in [3.8, 4) is 11.5 Å². The number of hydrogen-bond acceptors (Lipinski definition) is 4. The van der Waals surface area contributed by atoms with E-state index in [1.807, 2.05) is 18.2 Å². The van der Waals surface area contributed by atoms with Crippen LogP contribution in [-0.4, -0.2) is 34.1 Å². The molecule has 0 N–H and O–H groups in total. The van der Waals surface area contributed by atoms with Crippen LogP contribution < -0.4 is 9.47 Å². The Labute approximate surface area is 148 Å². The number of halogens is 1. The predicted molar refractivity (Wildman–Crippen MR) is 97.1 cm³/mol. The minimum Gasteiger partial charge on any atom is -0.497 e. The van der Waals surface area contributed by atoms with Crippen LogP contribution in [0.4, 0.5) is 0 Å². The lowest BCUT2D eigenvalue weighted by Gasteiger charge is -2.11. The van der Waals surface area contributed by atoms with Crippen LogP contribution >= 0.6 is 11.6 Å². The molecule has 0 amide bonds. The summed E-state index contributed by atoms with van der Waals surface area (Å²) in [5, 5.41) is 0.646. The van der Waals surface area contributed by atoms with E-state index in [4.69, 9.17) is 21.1 Å². The SMILES string of the molecule is COc1ccc(CCS(=O)(=O)CCc2ccc(Cl)cc2)c(OC)c1. The van der Waals surface area contributed by atoms with Crippen molar-refractivity contribution in [3.63, 3.8) is 0 Å². The molecule has 130 valence electrons. The van der Waals surface area contributed by atoms with Crippen molar-refractivity contribution < 1.29 is 17.9 Å². The molecule has 0 bridgehead atoms. The molecule has 0 aromatic heterocycles. The van der Waals surface area contributed by atoms with Crippen LogP contribution in [0.2, 0.25) is 5.02 Å². The number of methoxy groups -OCH3 is 2. The van der Waals surface area contributed by atoms with E-state index in [-0.39, 0.29) is 11.5 Å². The van der Waals surface area contributed by atoms with Gasteiger partial charge in [0.25, 0.3) is 0 Å². The summed E-state index contributed by atoms with van der Waals surface area (Å²) in [6.45, 7) is 0. The van der Waals surface area contributed by atoms with Crippen molar-refractivity contribution in [2.45, 2.75) is 12.8 Å². The van der Waals surface area contributed by atoms with Gasteiger partial charge in [0.1, 0.15) is 11.5 Å². The zero-order valence-corrected chi connectivity index (χ0v) is 15.4. The van der Waals surface area contributed by atoms with Gasteiger partial charge in [0.05, 0.1) is 25.7 Å². The van der Waals surface area contributed by atoms with Gasteiger partial charge in [0.15, 0.2) is 9.84 Å². The van der Waals surface area contributed by atoms with Crippen molar-refractivity contribution in [1.82, 2.24) is 0 Å². The predicted octanol–water partition coefficient (Wildman–Crippen LogP) is 3.56. The minimum absolute atomic E-state index is 0.0866. The van der Waals surface area contributed by atoms with Crippen LogP contribution in [0, 0.1) is 0 Å². The molecule has 4 nitrogen and oxygen atoms in total. The summed E-state index contributed by atoms with van der Waals surface area (Å²) in [7, 11) is -0.00671. The quantitative estimate of drug-likeness (QED) is 0.715. The van der Waals surface area contributed by atoms with Gasteiger partial charge >= 0.3 is 0 Å². The molecule has 0 saturated carbocycles. The van der Waals surface area contributed by atoms with Crippen LogP contribution in [0.3, 0.4) is 0 Å². The minimum atomic E-state index is -3.15. The Morgan fingerprint density at radius 1 is 0.917 bits per heavy atom. The molecule has 24 heavy (non-hydrogen) atoms. The Bertz CT molecular complexity index is 770. The van der Waals surface area contributed by atoms with Gasteiger partial charge in [-0.15, -0.1) is 0 Å². The first kappa shape index (κ1) is 18.6. The molecule has 0 saturated heterocycles. The highest BCUT2D eigenvalue weighted by atomic mass is 35.5. The summed E-state index contributed by atoms with van der Waals surface area (Å²) in [5.74, 6) is 1.53. The number of aryl methyl sites for hydroxylation is 2. The lowest BCUT2D eigenvalue weighted by atomic mass is 10.1. The summed E-state index contributed by atoms with van der Waals surface area (Å²) >= 11 is 5.83. The Hall–Kier alpha value is -1.72. The van der Waals surface area contributed by atoms with E-state index in [9.17, 15) is 8.42 Å². The Kier molecular flexibility index (Phi) is 6.52. The van der Waals surface area contributed by atoms with Crippen LogP contribution in [-0.2, 0) is 22.7 Å². The maximum atomic E-state index is 12.3. The molecule has 0 unspecified atom stereocenters. The van der Waals surface area contributed by atoms with E-state index in [1.165, 1.54) is 0 Å². The van der Waals surface area contributed by atoms with Gasteiger partial charge in [-0.1, -0.05) is 29.8 Å². The molecule has 0 aliphatic rings. The number of rotatable bonds is 8. The molecule has 0 spiro atoms. The fourth-order valence-corrected chi connectivity index (χ4v) is 3.76. The molecule has 2 aromatic carbocycles. The molecule has 2 rings (SSSR count). The molecule has 6 heteroatoms. The van der Waals surface area contributed by atoms with Gasteiger partial charge in [-0.2, -0.15) is 0 Å². The summed E-state index contributed by atoms with van der Waals surface area (Å²) in [4.78, 5) is 0. The van der Waals surface area contributed by atoms with E-state index in [0.29, 0.717) is 29.4 Å². The number of sulfone groups is 1. The van der Waals surface area contributed by atoms with E-state index < -0.39 is 9.84 Å². The van der Waals surface area contributed by atoms with Crippen molar-refractivity contribution in [3.05, 3.63) is 58.6 Å². The average molecular weight is 369 g/mol. The highest BCUT2D eigenvalue weighted by molar-refractivity contribution is 7.91. The normalized spacial score (nSPS) is 11.3. The second-order valence-corrected chi connectivity index (χ2v) is 8.20. The molecule has 0 radical (unpaired) electrons. The van der Waals surface area contributed by atoms with Gasteiger partial charge < -0.3 is 9.47 Å². The van der Waals surface area contributed by atoms with Crippen LogP contribution in [0.5, 0.6) is 11.5 Å². The maximum absolute atomic E-state index is 12.3. The lowest BCUT2D eigenvalue weighted by molar-refractivity contribution is 0.391. The van der Waals surface area contributed by atoms with Gasteiger partial charge in [-0.05, 0) is 42.2 Å². The molecule has 0 fully saturated rings. The van der Waals surface area contributed by atoms with E-state index >= 15 is 0 Å². The number of benzene rings is 2. The monoisotopic (exact) mass is 368 g/mol. The molecule has 0 atom stereocenters. The zero-order valence-electron chi connectivity index (χ0n) is 13.8. The summed E-state index contributed by atoms with van der Waals surface area (Å²) in [6, 6.07) is 12.6. The second-order valence-electron chi connectivity index (χ2n) is 5.46. The summed E-state index contributed by atoms with van der Waals surface area (Å²) in [6.07, 6.45) is 0.898. The lowest BCUT2D eigenvalue weighted by Crippen LogP contribution is -2.15. The highest BCUT2D eigenvalue weighted by Gasteiger charge is 2.14. The van der Waals surface area contributed by atoms with Crippen LogP contribution in [0.1, 0.15) is 11.1 Å². The van der Waals surface area contributed by atoms with Gasteiger partial charge in [0, 0.05) is 11.1 Å². The number of ether oxygens (including phenoxy) is 2. The zero-order chi connectivity index (χ0) is 17.6. The standard InChI is InChI=1S/C18H21ClO4S/c1-22-17-8-5-15(18(13-17)23-2)10-12-24(20,21)11-9-14-3-6-16(19)7-4-14/h3-8,13H,9-12H2,1-2H3. The average Bonchev–Trinajstić information content (AvgIpc) is 2.59. The first-order valence-corrected chi connectivity index (χ1v) is 9.79. The fraction of sp³-hybridized carbons (Fsp3) is 0.333. The van der Waals surface area contributed by atoms with Crippen LogP contribution in [0.15, 0.2) is 42.5 Å². The summed E-state index contributed by atoms with van der Waals surface area (Å²) < 4.78 is 35.0. The third-order valence-corrected chi connectivity index (χ3v) is 5.70. The molecular formula is C18H21ClO4S. The van der Waals surface area contributed by atoms with Crippen LogP contribution in [0.25, 0.3) is 0 Å².